The van der Waals surface area contributed by atoms with Crippen LogP contribution in [0.3, 0.4) is 0 Å². The minimum absolute atomic E-state index is 0.0714. The van der Waals surface area contributed by atoms with Gasteiger partial charge in [-0.05, 0) is 49.1 Å². The summed E-state index contributed by atoms with van der Waals surface area (Å²) in [5.41, 5.74) is 3.47. The molecule has 0 unspecified atom stereocenters. The van der Waals surface area contributed by atoms with E-state index in [4.69, 9.17) is 5.21 Å². The van der Waals surface area contributed by atoms with E-state index in [1.807, 2.05) is 18.2 Å². The van der Waals surface area contributed by atoms with Gasteiger partial charge in [-0.15, -0.1) is 0 Å². The summed E-state index contributed by atoms with van der Waals surface area (Å²) in [5, 5.41) is 31.7. The third-order valence-corrected chi connectivity index (χ3v) is 4.87. The van der Waals surface area contributed by atoms with Crippen molar-refractivity contribution in [1.82, 2.24) is 0 Å². The molecule has 0 bridgehead atoms. The zero-order chi connectivity index (χ0) is 15.0. The van der Waals surface area contributed by atoms with Gasteiger partial charge < -0.3 is 15.4 Å². The lowest BCUT2D eigenvalue weighted by molar-refractivity contribution is 0.319. The normalized spacial score (nSPS) is 14.2. The molecule has 0 spiro atoms. The molecule has 0 saturated carbocycles. The van der Waals surface area contributed by atoms with Crippen molar-refractivity contribution in [3.05, 3.63) is 47.0 Å². The van der Waals surface area contributed by atoms with Crippen molar-refractivity contribution < 1.29 is 15.4 Å². The average molecular weight is 301 g/mol. The summed E-state index contributed by atoms with van der Waals surface area (Å²) >= 11 is 1.54. The Labute approximate surface area is 126 Å². The largest absolute Gasteiger partial charge is 0.508 e. The maximum absolute atomic E-state index is 10.00. The van der Waals surface area contributed by atoms with E-state index in [1.54, 1.807) is 13.0 Å². The number of phenols is 2. The summed E-state index contributed by atoms with van der Waals surface area (Å²) in [6, 6.07) is 8.97. The van der Waals surface area contributed by atoms with Crippen LogP contribution in [0, 0.1) is 0 Å². The molecule has 3 N–H and O–H groups in total. The molecule has 2 aromatic carbocycles. The van der Waals surface area contributed by atoms with Gasteiger partial charge in [0.05, 0.1) is 5.71 Å². The van der Waals surface area contributed by atoms with E-state index in [9.17, 15) is 10.2 Å². The van der Waals surface area contributed by atoms with Gasteiger partial charge in [0.2, 0.25) is 0 Å². The third-order valence-electron chi connectivity index (χ3n) is 3.66. The van der Waals surface area contributed by atoms with Crippen LogP contribution in [-0.2, 0) is 12.8 Å². The summed E-state index contributed by atoms with van der Waals surface area (Å²) in [4.78, 5) is 1.97. The van der Waals surface area contributed by atoms with Crippen LogP contribution in [0.1, 0.15) is 23.6 Å². The summed E-state index contributed by atoms with van der Waals surface area (Å²) < 4.78 is 0. The second-order valence-corrected chi connectivity index (χ2v) is 6.14. The molecule has 3 rings (SSSR count). The van der Waals surface area contributed by atoms with Gasteiger partial charge in [-0.3, -0.25) is 0 Å². The zero-order valence-corrected chi connectivity index (χ0v) is 12.3. The maximum Gasteiger partial charge on any atom is 0.123 e. The predicted molar refractivity (Wildman–Crippen MR) is 81.7 cm³/mol. The van der Waals surface area contributed by atoms with Crippen LogP contribution in [0.25, 0.3) is 0 Å². The number of benzene rings is 2. The molecule has 0 fully saturated rings. The topological polar surface area (TPSA) is 73.1 Å². The smallest absolute Gasteiger partial charge is 0.123 e. The lowest BCUT2D eigenvalue weighted by Gasteiger charge is -2.08. The van der Waals surface area contributed by atoms with E-state index in [0.717, 1.165) is 32.9 Å². The zero-order valence-electron chi connectivity index (χ0n) is 11.5. The van der Waals surface area contributed by atoms with Crippen molar-refractivity contribution in [2.45, 2.75) is 29.6 Å². The number of hydrogen-bond donors (Lipinski definition) is 3. The van der Waals surface area contributed by atoms with Gasteiger partial charge in [-0.2, -0.15) is 0 Å². The van der Waals surface area contributed by atoms with Crippen LogP contribution in [0.5, 0.6) is 11.5 Å². The molecule has 1 aliphatic rings. The van der Waals surface area contributed by atoms with Crippen LogP contribution in [-0.4, -0.2) is 21.1 Å². The SMILES string of the molecule is CC(=NO)c1ccc2c(c1)CCc1c(O)cc(O)cc1S2. The van der Waals surface area contributed by atoms with Crippen LogP contribution >= 0.6 is 11.8 Å². The Morgan fingerprint density at radius 2 is 1.90 bits per heavy atom. The van der Waals surface area contributed by atoms with Gasteiger partial charge in [0.15, 0.2) is 0 Å². The highest BCUT2D eigenvalue weighted by molar-refractivity contribution is 7.99. The molecule has 0 atom stereocenters. The lowest BCUT2D eigenvalue weighted by atomic mass is 10.0. The molecule has 21 heavy (non-hydrogen) atoms. The lowest BCUT2D eigenvalue weighted by Crippen LogP contribution is -1.98. The number of nitrogens with zero attached hydrogens (tertiary/aromatic N) is 1. The molecule has 0 amide bonds. The van der Waals surface area contributed by atoms with E-state index in [0.29, 0.717) is 12.1 Å². The fraction of sp³-hybridized carbons (Fsp3) is 0.188. The molecule has 2 aromatic rings. The highest BCUT2D eigenvalue weighted by Gasteiger charge is 2.18. The van der Waals surface area contributed by atoms with Crippen molar-refractivity contribution in [3.8, 4) is 11.5 Å². The summed E-state index contributed by atoms with van der Waals surface area (Å²) in [6.45, 7) is 1.75. The Morgan fingerprint density at radius 1 is 1.10 bits per heavy atom. The first kappa shape index (κ1) is 13.8. The summed E-state index contributed by atoms with van der Waals surface area (Å²) in [7, 11) is 0. The van der Waals surface area contributed by atoms with E-state index < -0.39 is 0 Å². The van der Waals surface area contributed by atoms with Crippen molar-refractivity contribution >= 4 is 17.5 Å². The van der Waals surface area contributed by atoms with Crippen LogP contribution in [0.15, 0.2) is 45.3 Å². The molecule has 0 aliphatic carbocycles. The first-order chi connectivity index (χ1) is 10.1. The van der Waals surface area contributed by atoms with Gasteiger partial charge in [0.1, 0.15) is 11.5 Å². The number of oxime groups is 1. The molecular weight excluding hydrogens is 286 g/mol. The van der Waals surface area contributed by atoms with Crippen LogP contribution in [0.4, 0.5) is 0 Å². The van der Waals surface area contributed by atoms with E-state index in [-0.39, 0.29) is 11.5 Å². The average Bonchev–Trinajstić information content (AvgIpc) is 2.64. The standard InChI is InChI=1S/C16H15NO3S/c1-9(17-20)10-3-5-15-11(6-10)2-4-13-14(19)7-12(18)8-16(13)21-15/h3,5-8,18-20H,2,4H2,1H3. The van der Waals surface area contributed by atoms with Gasteiger partial charge in [0.25, 0.3) is 0 Å². The fourth-order valence-electron chi connectivity index (χ4n) is 2.49. The molecule has 0 aromatic heterocycles. The van der Waals surface area contributed by atoms with Crippen molar-refractivity contribution in [3.63, 3.8) is 0 Å². The molecule has 0 radical (unpaired) electrons. The Bertz CT molecular complexity index is 741. The maximum atomic E-state index is 10.00. The minimum atomic E-state index is 0.0714. The summed E-state index contributed by atoms with van der Waals surface area (Å²) in [6.07, 6.45) is 1.50. The van der Waals surface area contributed by atoms with Gasteiger partial charge in [-0.1, -0.05) is 23.0 Å². The quantitative estimate of drug-likeness (QED) is 0.428. The van der Waals surface area contributed by atoms with Gasteiger partial charge in [-0.25, -0.2) is 0 Å². The Morgan fingerprint density at radius 3 is 2.67 bits per heavy atom. The molecule has 5 heteroatoms. The predicted octanol–water partition coefficient (Wildman–Crippen LogP) is 3.55. The fourth-order valence-corrected chi connectivity index (χ4v) is 3.67. The Balaban J connectivity index is 2.05. The Hall–Kier alpha value is -2.14. The van der Waals surface area contributed by atoms with E-state index in [1.165, 1.54) is 17.8 Å². The molecular formula is C16H15NO3S. The highest BCUT2D eigenvalue weighted by Crippen LogP contribution is 2.42. The molecule has 1 heterocycles. The molecule has 4 nitrogen and oxygen atoms in total. The third kappa shape index (κ3) is 2.56. The van der Waals surface area contributed by atoms with Crippen molar-refractivity contribution in [2.24, 2.45) is 5.16 Å². The number of rotatable bonds is 1. The number of fused-ring (bicyclic) bond motifs is 2. The number of aryl methyl sites for hydroxylation is 1. The molecule has 0 saturated heterocycles. The van der Waals surface area contributed by atoms with E-state index in [2.05, 4.69) is 5.16 Å². The second-order valence-electron chi connectivity index (χ2n) is 5.05. The second kappa shape index (κ2) is 5.33. The summed E-state index contributed by atoms with van der Waals surface area (Å²) in [5.74, 6) is 0.209. The van der Waals surface area contributed by atoms with Gasteiger partial charge >= 0.3 is 0 Å². The number of phenolic OH excluding ortho intramolecular Hbond substituents is 2. The molecule has 108 valence electrons. The Kier molecular flexibility index (Phi) is 3.51. The van der Waals surface area contributed by atoms with E-state index >= 15 is 0 Å². The highest BCUT2D eigenvalue weighted by atomic mass is 32.2. The van der Waals surface area contributed by atoms with Crippen LogP contribution in [0.2, 0.25) is 0 Å². The first-order valence-electron chi connectivity index (χ1n) is 6.63. The first-order valence-corrected chi connectivity index (χ1v) is 7.45. The number of aromatic hydroxyl groups is 2. The minimum Gasteiger partial charge on any atom is -0.508 e. The van der Waals surface area contributed by atoms with Crippen molar-refractivity contribution in [1.29, 1.82) is 0 Å². The van der Waals surface area contributed by atoms with Gasteiger partial charge in [0, 0.05) is 21.4 Å². The van der Waals surface area contributed by atoms with Crippen LogP contribution < -0.4 is 0 Å². The number of hydrogen-bond acceptors (Lipinski definition) is 5. The monoisotopic (exact) mass is 301 g/mol. The van der Waals surface area contributed by atoms with Crippen molar-refractivity contribution in [2.75, 3.05) is 0 Å². The molecule has 1 aliphatic heterocycles.